The second kappa shape index (κ2) is 9.69. The molecule has 31 heavy (non-hydrogen) atoms. The van der Waals surface area contributed by atoms with Gasteiger partial charge < -0.3 is 20.3 Å². The van der Waals surface area contributed by atoms with Crippen molar-refractivity contribution in [3.05, 3.63) is 66.4 Å². The van der Waals surface area contributed by atoms with Crippen molar-refractivity contribution in [3.63, 3.8) is 0 Å². The Balaban J connectivity index is 1.52. The van der Waals surface area contributed by atoms with Gasteiger partial charge in [0.1, 0.15) is 6.54 Å². The zero-order valence-electron chi connectivity index (χ0n) is 16.9. The Bertz CT molecular complexity index is 1090. The van der Waals surface area contributed by atoms with E-state index in [1.807, 2.05) is 30.3 Å². The topological polar surface area (TPSA) is 103 Å². The molecule has 8 heteroatoms. The van der Waals surface area contributed by atoms with Crippen LogP contribution < -0.4 is 15.5 Å². The molecule has 2 N–H and O–H groups in total. The highest BCUT2D eigenvalue weighted by atomic mass is 16.5. The normalized spacial score (nSPS) is 13.3. The minimum absolute atomic E-state index is 0.0514. The molecule has 1 fully saturated rings. The fourth-order valence-corrected chi connectivity index (χ4v) is 3.39. The predicted molar refractivity (Wildman–Crippen MR) is 118 cm³/mol. The Morgan fingerprint density at radius 3 is 2.65 bits per heavy atom. The zero-order valence-corrected chi connectivity index (χ0v) is 16.9. The molecule has 2 aromatic carbocycles. The van der Waals surface area contributed by atoms with Gasteiger partial charge in [-0.15, -0.1) is 0 Å². The lowest BCUT2D eigenvalue weighted by Gasteiger charge is -2.28. The Morgan fingerprint density at radius 2 is 1.87 bits per heavy atom. The highest BCUT2D eigenvalue weighted by molar-refractivity contribution is 6.00. The largest absolute Gasteiger partial charge is 0.378 e. The predicted octanol–water partition coefficient (Wildman–Crippen LogP) is 2.98. The Labute approximate surface area is 180 Å². The second-order valence-corrected chi connectivity index (χ2v) is 6.92. The van der Waals surface area contributed by atoms with Crippen molar-refractivity contribution in [1.82, 2.24) is 15.3 Å². The third kappa shape index (κ3) is 4.97. The summed E-state index contributed by atoms with van der Waals surface area (Å²) in [6.45, 7) is 3.22. The molecule has 0 radical (unpaired) electrons. The van der Waals surface area contributed by atoms with Crippen LogP contribution >= 0.6 is 0 Å². The molecule has 156 valence electrons. The van der Waals surface area contributed by atoms with Crippen LogP contribution in [0.4, 0.5) is 17.3 Å². The van der Waals surface area contributed by atoms with Gasteiger partial charge in [-0.1, -0.05) is 18.2 Å². The third-order valence-electron chi connectivity index (χ3n) is 4.93. The summed E-state index contributed by atoms with van der Waals surface area (Å²) in [4.78, 5) is 23.6. The number of benzene rings is 2. The molecule has 1 amide bonds. The van der Waals surface area contributed by atoms with Crippen molar-refractivity contribution in [2.45, 2.75) is 0 Å². The number of rotatable bonds is 6. The molecule has 0 unspecified atom stereocenters. The van der Waals surface area contributed by atoms with Crippen LogP contribution in [-0.4, -0.2) is 48.7 Å². The van der Waals surface area contributed by atoms with E-state index in [9.17, 15) is 4.79 Å². The summed E-state index contributed by atoms with van der Waals surface area (Å²) in [6, 6.07) is 18.9. The molecular weight excluding hydrogens is 392 g/mol. The minimum atomic E-state index is -0.316. The average molecular weight is 414 g/mol. The molecule has 0 spiro atoms. The van der Waals surface area contributed by atoms with Crippen LogP contribution in [0.1, 0.15) is 10.4 Å². The first-order chi connectivity index (χ1) is 15.2. The van der Waals surface area contributed by atoms with Crippen LogP contribution in [0.5, 0.6) is 0 Å². The molecule has 0 bridgehead atoms. The number of hydrogen-bond donors (Lipinski definition) is 2. The van der Waals surface area contributed by atoms with E-state index in [2.05, 4.69) is 37.6 Å². The van der Waals surface area contributed by atoms with Crippen molar-refractivity contribution < 1.29 is 9.53 Å². The molecule has 4 rings (SSSR count). The number of amides is 1. The van der Waals surface area contributed by atoms with E-state index < -0.39 is 0 Å². The van der Waals surface area contributed by atoms with E-state index in [1.54, 1.807) is 24.4 Å². The zero-order chi connectivity index (χ0) is 21.5. The molecule has 1 saturated heterocycles. The van der Waals surface area contributed by atoms with Crippen molar-refractivity contribution in [3.8, 4) is 17.3 Å². The van der Waals surface area contributed by atoms with Crippen LogP contribution in [0.15, 0.2) is 60.8 Å². The van der Waals surface area contributed by atoms with E-state index in [0.29, 0.717) is 22.8 Å². The number of anilines is 3. The number of hydrogen-bond acceptors (Lipinski definition) is 7. The lowest BCUT2D eigenvalue weighted by molar-refractivity contribution is 0.0959. The van der Waals surface area contributed by atoms with E-state index in [-0.39, 0.29) is 12.5 Å². The van der Waals surface area contributed by atoms with Gasteiger partial charge in [0.15, 0.2) is 0 Å². The van der Waals surface area contributed by atoms with Crippen molar-refractivity contribution in [2.24, 2.45) is 0 Å². The van der Waals surface area contributed by atoms with E-state index in [4.69, 9.17) is 10.00 Å². The van der Waals surface area contributed by atoms with Gasteiger partial charge in [-0.3, -0.25) is 4.79 Å². The van der Waals surface area contributed by atoms with Gasteiger partial charge in [0.05, 0.1) is 25.0 Å². The van der Waals surface area contributed by atoms with Gasteiger partial charge in [-0.05, 0) is 36.4 Å². The van der Waals surface area contributed by atoms with Gasteiger partial charge >= 0.3 is 0 Å². The molecule has 1 aliphatic heterocycles. The SMILES string of the molecule is N#CCNC(=O)c1ccccc1-c1ccnc(Nc2ccc(N3CCOCC3)cc2)n1. The number of morpholine rings is 1. The van der Waals surface area contributed by atoms with Gasteiger partial charge in [0, 0.05) is 41.8 Å². The van der Waals surface area contributed by atoms with Crippen molar-refractivity contribution >= 4 is 23.2 Å². The van der Waals surface area contributed by atoms with Gasteiger partial charge in [-0.25, -0.2) is 9.97 Å². The van der Waals surface area contributed by atoms with Crippen molar-refractivity contribution in [2.75, 3.05) is 43.1 Å². The van der Waals surface area contributed by atoms with Gasteiger partial charge in [0.25, 0.3) is 5.91 Å². The third-order valence-corrected chi connectivity index (χ3v) is 4.93. The molecule has 0 saturated carbocycles. The summed E-state index contributed by atoms with van der Waals surface area (Å²) in [5.41, 5.74) is 3.77. The number of nitrogens with zero attached hydrogens (tertiary/aromatic N) is 4. The lowest BCUT2D eigenvalue weighted by atomic mass is 10.0. The van der Waals surface area contributed by atoms with E-state index >= 15 is 0 Å². The molecule has 1 aromatic heterocycles. The first-order valence-corrected chi connectivity index (χ1v) is 10.0. The molecular formula is C23H22N6O2. The second-order valence-electron chi connectivity index (χ2n) is 6.92. The van der Waals surface area contributed by atoms with Crippen LogP contribution in [0, 0.1) is 11.3 Å². The molecule has 0 aliphatic carbocycles. The summed E-state index contributed by atoms with van der Waals surface area (Å²) in [5.74, 6) is 0.118. The minimum Gasteiger partial charge on any atom is -0.378 e. The molecule has 1 aliphatic rings. The summed E-state index contributed by atoms with van der Waals surface area (Å²) < 4.78 is 5.40. The summed E-state index contributed by atoms with van der Waals surface area (Å²) >= 11 is 0. The van der Waals surface area contributed by atoms with E-state index in [0.717, 1.165) is 37.7 Å². The number of nitrogens with one attached hydrogen (secondary N) is 2. The van der Waals surface area contributed by atoms with Gasteiger partial charge in [0.2, 0.25) is 5.95 Å². The van der Waals surface area contributed by atoms with Gasteiger partial charge in [-0.2, -0.15) is 5.26 Å². The number of ether oxygens (including phenoxy) is 1. The summed E-state index contributed by atoms with van der Waals surface area (Å²) in [5, 5.41) is 14.5. The highest BCUT2D eigenvalue weighted by Crippen LogP contribution is 2.24. The molecule has 3 aromatic rings. The molecule has 0 atom stereocenters. The number of carbonyl (C=O) groups is 1. The maximum absolute atomic E-state index is 12.4. The number of carbonyl (C=O) groups excluding carboxylic acids is 1. The monoisotopic (exact) mass is 414 g/mol. The standard InChI is InChI=1S/C23H22N6O2/c24-10-12-25-22(30)20-4-2-1-3-19(20)21-9-11-26-23(28-21)27-17-5-7-18(8-6-17)29-13-15-31-16-14-29/h1-9,11H,12-16H2,(H,25,30)(H,26,27,28). The maximum Gasteiger partial charge on any atom is 0.252 e. The van der Waals surface area contributed by atoms with Crippen LogP contribution in [-0.2, 0) is 4.74 Å². The highest BCUT2D eigenvalue weighted by Gasteiger charge is 2.14. The van der Waals surface area contributed by atoms with Crippen LogP contribution in [0.2, 0.25) is 0 Å². The van der Waals surface area contributed by atoms with Crippen LogP contribution in [0.3, 0.4) is 0 Å². The van der Waals surface area contributed by atoms with Crippen molar-refractivity contribution in [1.29, 1.82) is 5.26 Å². The fraction of sp³-hybridized carbons (Fsp3) is 0.217. The summed E-state index contributed by atoms with van der Waals surface area (Å²) in [6.07, 6.45) is 1.65. The maximum atomic E-state index is 12.4. The average Bonchev–Trinajstić information content (AvgIpc) is 2.84. The Kier molecular flexibility index (Phi) is 6.35. The summed E-state index contributed by atoms with van der Waals surface area (Å²) in [7, 11) is 0. The molecule has 2 heterocycles. The van der Waals surface area contributed by atoms with E-state index in [1.165, 1.54) is 0 Å². The Hall–Kier alpha value is -3.96. The first kappa shape index (κ1) is 20.3. The number of nitriles is 1. The number of aromatic nitrogens is 2. The molecule has 8 nitrogen and oxygen atoms in total. The van der Waals surface area contributed by atoms with Crippen LogP contribution in [0.25, 0.3) is 11.3 Å². The lowest BCUT2D eigenvalue weighted by Crippen LogP contribution is -2.36. The fourth-order valence-electron chi connectivity index (χ4n) is 3.39. The first-order valence-electron chi connectivity index (χ1n) is 10.0. The Morgan fingerprint density at radius 1 is 1.10 bits per heavy atom. The quantitative estimate of drug-likeness (QED) is 0.598. The smallest absolute Gasteiger partial charge is 0.252 e.